The van der Waals surface area contributed by atoms with Crippen LogP contribution in [0.4, 0.5) is 0 Å². The summed E-state index contributed by atoms with van der Waals surface area (Å²) in [6.07, 6.45) is 0.671. The molecule has 1 aliphatic heterocycles. The highest BCUT2D eigenvalue weighted by Gasteiger charge is 2.32. The van der Waals surface area contributed by atoms with E-state index >= 15 is 0 Å². The van der Waals surface area contributed by atoms with Gasteiger partial charge in [0, 0.05) is 17.6 Å². The van der Waals surface area contributed by atoms with Crippen LogP contribution in [0.5, 0.6) is 5.75 Å². The molecule has 1 heterocycles. The van der Waals surface area contributed by atoms with Crippen molar-refractivity contribution in [3.63, 3.8) is 0 Å². The molecule has 1 aliphatic rings. The first-order chi connectivity index (χ1) is 9.86. The van der Waals surface area contributed by atoms with Crippen LogP contribution >= 0.6 is 15.9 Å². The van der Waals surface area contributed by atoms with Gasteiger partial charge in [-0.15, -0.1) is 0 Å². The molecule has 0 unspecified atom stereocenters. The topological polar surface area (TPSA) is 83.9 Å². The molecular formula is C13H16BrNO5S. The number of carbonyl (C=O) groups is 1. The maximum absolute atomic E-state index is 12.6. The van der Waals surface area contributed by atoms with Gasteiger partial charge in [-0.05, 0) is 47.0 Å². The number of ether oxygens (including phenoxy) is 1. The van der Waals surface area contributed by atoms with Gasteiger partial charge in [-0.1, -0.05) is 0 Å². The number of piperidine rings is 1. The van der Waals surface area contributed by atoms with Crippen LogP contribution in [0.15, 0.2) is 27.6 Å². The van der Waals surface area contributed by atoms with Gasteiger partial charge in [0.15, 0.2) is 0 Å². The molecule has 0 spiro atoms. The fourth-order valence-corrected chi connectivity index (χ4v) is 4.79. The van der Waals surface area contributed by atoms with Crippen LogP contribution in [0.3, 0.4) is 0 Å². The minimum Gasteiger partial charge on any atom is -0.497 e. The first-order valence-corrected chi connectivity index (χ1v) is 8.66. The predicted octanol–water partition coefficient (Wildman–Crippen LogP) is 1.94. The maximum atomic E-state index is 12.6. The lowest BCUT2D eigenvalue weighted by molar-refractivity contribution is -0.142. The van der Waals surface area contributed by atoms with Gasteiger partial charge in [0.1, 0.15) is 5.75 Å². The second-order valence-corrected chi connectivity index (χ2v) is 7.57. The highest BCUT2D eigenvalue weighted by atomic mass is 79.9. The Labute approximate surface area is 131 Å². The van der Waals surface area contributed by atoms with E-state index in [4.69, 9.17) is 9.84 Å². The van der Waals surface area contributed by atoms with E-state index in [1.54, 1.807) is 12.1 Å². The van der Waals surface area contributed by atoms with E-state index in [-0.39, 0.29) is 18.0 Å². The quantitative estimate of drug-likeness (QED) is 0.866. The molecule has 0 radical (unpaired) electrons. The van der Waals surface area contributed by atoms with Crippen molar-refractivity contribution in [2.24, 2.45) is 5.92 Å². The molecule has 116 valence electrons. The molecule has 1 fully saturated rings. The van der Waals surface area contributed by atoms with Crippen molar-refractivity contribution >= 4 is 31.9 Å². The summed E-state index contributed by atoms with van der Waals surface area (Å²) in [7, 11) is -2.12. The van der Waals surface area contributed by atoms with Gasteiger partial charge in [-0.2, -0.15) is 4.31 Å². The van der Waals surface area contributed by atoms with Gasteiger partial charge in [-0.25, -0.2) is 8.42 Å². The number of carboxylic acid groups (broad SMARTS) is 1. The number of halogens is 1. The molecule has 8 heteroatoms. The molecule has 0 amide bonds. The average molecular weight is 378 g/mol. The Morgan fingerprint density at radius 2 is 2.00 bits per heavy atom. The van der Waals surface area contributed by atoms with Crippen LogP contribution in [0.1, 0.15) is 12.8 Å². The molecule has 0 aliphatic carbocycles. The van der Waals surface area contributed by atoms with Gasteiger partial charge in [-0.3, -0.25) is 4.79 Å². The minimum atomic E-state index is -3.63. The van der Waals surface area contributed by atoms with E-state index in [1.807, 2.05) is 0 Å². The van der Waals surface area contributed by atoms with Crippen molar-refractivity contribution in [1.29, 1.82) is 0 Å². The summed E-state index contributed by atoms with van der Waals surface area (Å²) in [5.74, 6) is -0.765. The molecule has 1 saturated heterocycles. The van der Waals surface area contributed by atoms with Crippen molar-refractivity contribution in [2.75, 3.05) is 20.2 Å². The third-order valence-electron chi connectivity index (χ3n) is 3.56. The molecule has 1 aromatic carbocycles. The van der Waals surface area contributed by atoms with Crippen LogP contribution in [-0.4, -0.2) is 44.0 Å². The number of rotatable bonds is 4. The van der Waals surface area contributed by atoms with Crippen LogP contribution in [0.2, 0.25) is 0 Å². The van der Waals surface area contributed by atoms with Crippen molar-refractivity contribution in [3.05, 3.63) is 22.7 Å². The van der Waals surface area contributed by atoms with Crippen molar-refractivity contribution < 1.29 is 23.1 Å². The molecular weight excluding hydrogens is 362 g/mol. The summed E-state index contributed by atoms with van der Waals surface area (Å²) in [6, 6.07) is 4.67. The summed E-state index contributed by atoms with van der Waals surface area (Å²) >= 11 is 3.25. The maximum Gasteiger partial charge on any atom is 0.306 e. The number of hydrogen-bond donors (Lipinski definition) is 1. The molecule has 0 bridgehead atoms. The summed E-state index contributed by atoms with van der Waals surface area (Å²) in [6.45, 7) is 0.440. The van der Waals surface area contributed by atoms with Crippen LogP contribution in [0, 0.1) is 5.92 Å². The van der Waals surface area contributed by atoms with E-state index in [0.717, 1.165) is 0 Å². The lowest BCUT2D eigenvalue weighted by Crippen LogP contribution is -2.40. The predicted molar refractivity (Wildman–Crippen MR) is 79.8 cm³/mol. The van der Waals surface area contributed by atoms with Gasteiger partial charge in [0.2, 0.25) is 10.0 Å². The lowest BCUT2D eigenvalue weighted by atomic mass is 9.99. The van der Waals surface area contributed by atoms with E-state index < -0.39 is 21.9 Å². The van der Waals surface area contributed by atoms with Crippen molar-refractivity contribution in [2.45, 2.75) is 17.7 Å². The first-order valence-electron chi connectivity index (χ1n) is 6.42. The molecule has 0 aromatic heterocycles. The Bertz CT molecular complexity index is 638. The molecule has 6 nitrogen and oxygen atoms in total. The second kappa shape index (κ2) is 6.33. The lowest BCUT2D eigenvalue weighted by Gasteiger charge is -2.29. The van der Waals surface area contributed by atoms with Gasteiger partial charge in [0.25, 0.3) is 0 Å². The zero-order valence-corrected chi connectivity index (χ0v) is 13.9. The molecule has 0 saturated carbocycles. The molecule has 21 heavy (non-hydrogen) atoms. The summed E-state index contributed by atoms with van der Waals surface area (Å²) < 4.78 is 32.0. The summed E-state index contributed by atoms with van der Waals surface area (Å²) in [5.41, 5.74) is 0. The fraction of sp³-hybridized carbons (Fsp3) is 0.462. The Kier molecular flexibility index (Phi) is 4.90. The highest BCUT2D eigenvalue weighted by Crippen LogP contribution is 2.31. The standard InChI is InChI=1S/C13H16BrNO5S/c1-20-10-2-3-12(11(14)8-10)21(18,19)15-6-4-9(5-7-15)13(16)17/h2-3,8-9H,4-7H2,1H3,(H,16,17). The third-order valence-corrected chi connectivity index (χ3v) is 6.44. The van der Waals surface area contributed by atoms with Crippen LogP contribution < -0.4 is 4.74 Å². The van der Waals surface area contributed by atoms with E-state index in [0.29, 0.717) is 23.1 Å². The molecule has 2 rings (SSSR count). The largest absolute Gasteiger partial charge is 0.497 e. The van der Waals surface area contributed by atoms with Crippen LogP contribution in [0.25, 0.3) is 0 Å². The normalized spacial score (nSPS) is 17.6. The van der Waals surface area contributed by atoms with Crippen molar-refractivity contribution in [3.8, 4) is 5.75 Å². The molecule has 0 atom stereocenters. The second-order valence-electron chi connectivity index (χ2n) is 4.81. The number of nitrogens with zero attached hydrogens (tertiary/aromatic N) is 1. The Morgan fingerprint density at radius 3 is 2.48 bits per heavy atom. The first kappa shape index (κ1) is 16.3. The molecule has 1 aromatic rings. The monoisotopic (exact) mass is 377 g/mol. The zero-order valence-electron chi connectivity index (χ0n) is 11.5. The minimum absolute atomic E-state index is 0.164. The number of aliphatic carboxylic acids is 1. The number of carboxylic acids is 1. The number of hydrogen-bond acceptors (Lipinski definition) is 4. The Balaban J connectivity index is 2.21. The Morgan fingerprint density at radius 1 is 1.38 bits per heavy atom. The van der Waals surface area contributed by atoms with Gasteiger partial charge in [0.05, 0.1) is 17.9 Å². The van der Waals surface area contributed by atoms with Gasteiger partial charge < -0.3 is 9.84 Å². The van der Waals surface area contributed by atoms with E-state index in [9.17, 15) is 13.2 Å². The smallest absolute Gasteiger partial charge is 0.306 e. The third kappa shape index (κ3) is 3.38. The average Bonchev–Trinajstić information content (AvgIpc) is 2.46. The van der Waals surface area contributed by atoms with E-state index in [1.165, 1.54) is 17.5 Å². The summed E-state index contributed by atoms with van der Waals surface area (Å²) in [4.78, 5) is 11.1. The Hall–Kier alpha value is -1.12. The van der Waals surface area contributed by atoms with Gasteiger partial charge >= 0.3 is 5.97 Å². The summed E-state index contributed by atoms with van der Waals surface area (Å²) in [5, 5.41) is 8.96. The SMILES string of the molecule is COc1ccc(S(=O)(=O)N2CCC(C(=O)O)CC2)c(Br)c1. The van der Waals surface area contributed by atoms with Crippen molar-refractivity contribution in [1.82, 2.24) is 4.31 Å². The fourth-order valence-electron chi connectivity index (χ4n) is 2.30. The number of sulfonamides is 1. The zero-order chi connectivity index (χ0) is 15.6. The number of methoxy groups -OCH3 is 1. The number of benzene rings is 1. The highest BCUT2D eigenvalue weighted by molar-refractivity contribution is 9.10. The molecule has 1 N–H and O–H groups in total. The van der Waals surface area contributed by atoms with Crippen LogP contribution in [-0.2, 0) is 14.8 Å². The van der Waals surface area contributed by atoms with E-state index in [2.05, 4.69) is 15.9 Å².